The number of aliphatic imine (C=N–C) groups is 2. The molecule has 0 atom stereocenters. The Morgan fingerprint density at radius 2 is 2.60 bits per heavy atom. The van der Waals surface area contributed by atoms with E-state index >= 15 is 0 Å². The van der Waals surface area contributed by atoms with Crippen molar-refractivity contribution in [3.63, 3.8) is 0 Å². The van der Waals surface area contributed by atoms with Gasteiger partial charge in [-0.1, -0.05) is 0 Å². The van der Waals surface area contributed by atoms with E-state index in [1.54, 1.807) is 0 Å². The monoisotopic (exact) mass is 66.0 g/mol. The average Bonchev–Trinajstić information content (AvgIpc) is 1.76. The van der Waals surface area contributed by atoms with E-state index in [0.717, 1.165) is 0 Å². The lowest BCUT2D eigenvalue weighted by Crippen LogP contribution is -1.44. The standard InChI is InChI=1S/C3H2N2/c1-2-5-3-4-1/h1,3H. The van der Waals surface area contributed by atoms with E-state index in [2.05, 4.69) is 15.9 Å². The Kier molecular flexibility index (Phi) is 0.390. The fourth-order valence-electron chi connectivity index (χ4n) is 0.167. The van der Waals surface area contributed by atoms with Gasteiger partial charge in [-0.05, 0) is 0 Å². The number of nitrogens with zero attached hydrogens (tertiary/aromatic N) is 2. The predicted molar refractivity (Wildman–Crippen MR) is 20.5 cm³/mol. The summed E-state index contributed by atoms with van der Waals surface area (Å²) in [6.07, 6.45) is 2.96. The third-order valence-electron chi connectivity index (χ3n) is 0.331. The smallest absolute Gasteiger partial charge is 0.126 e. The largest absolute Gasteiger partial charge is 0.234 e. The van der Waals surface area contributed by atoms with Crippen LogP contribution in [0.2, 0.25) is 0 Å². The van der Waals surface area contributed by atoms with Crippen molar-refractivity contribution in [1.82, 2.24) is 0 Å². The summed E-state index contributed by atoms with van der Waals surface area (Å²) in [6, 6.07) is 0. The van der Waals surface area contributed by atoms with Gasteiger partial charge in [0.1, 0.15) is 6.34 Å². The molecule has 0 amide bonds. The van der Waals surface area contributed by atoms with Crippen LogP contribution in [0.1, 0.15) is 0 Å². The molecular weight excluding hydrogens is 64.0 g/mol. The van der Waals surface area contributed by atoms with Crippen LogP contribution >= 0.6 is 0 Å². The molecule has 2 nitrogen and oxygen atoms in total. The zero-order chi connectivity index (χ0) is 3.54. The van der Waals surface area contributed by atoms with Crippen molar-refractivity contribution in [2.75, 3.05) is 0 Å². The Morgan fingerprint density at radius 3 is 2.80 bits per heavy atom. The van der Waals surface area contributed by atoms with Gasteiger partial charge in [-0.3, -0.25) is 0 Å². The molecule has 1 aliphatic heterocycles. The van der Waals surface area contributed by atoms with Gasteiger partial charge in [-0.15, -0.1) is 0 Å². The highest BCUT2D eigenvalue weighted by molar-refractivity contribution is 5.75. The molecule has 0 unspecified atom stereocenters. The van der Waals surface area contributed by atoms with Crippen LogP contribution in [0.15, 0.2) is 16.2 Å². The molecule has 0 radical (unpaired) electrons. The van der Waals surface area contributed by atoms with E-state index in [4.69, 9.17) is 0 Å². The Bertz CT molecular complexity index is 96.1. The topological polar surface area (TPSA) is 24.7 Å². The van der Waals surface area contributed by atoms with Gasteiger partial charge in [0.25, 0.3) is 0 Å². The fourth-order valence-corrected chi connectivity index (χ4v) is 0.167. The highest BCUT2D eigenvalue weighted by atomic mass is 14.9. The second-order valence-electron chi connectivity index (χ2n) is 0.652. The van der Waals surface area contributed by atoms with Crippen molar-refractivity contribution >= 4 is 12.2 Å². The van der Waals surface area contributed by atoms with Crippen molar-refractivity contribution in [1.29, 1.82) is 0 Å². The van der Waals surface area contributed by atoms with Crippen molar-refractivity contribution < 1.29 is 0 Å². The summed E-state index contributed by atoms with van der Waals surface area (Å²) in [5.74, 6) is 2.50. The molecule has 0 bridgehead atoms. The number of hydrogen-bond donors (Lipinski definition) is 0. The van der Waals surface area contributed by atoms with Gasteiger partial charge in [0.2, 0.25) is 0 Å². The molecule has 0 aromatic heterocycles. The van der Waals surface area contributed by atoms with Crippen LogP contribution in [-0.2, 0) is 0 Å². The molecule has 0 fully saturated rings. The lowest BCUT2D eigenvalue weighted by molar-refractivity contribution is 1.65. The van der Waals surface area contributed by atoms with Gasteiger partial charge < -0.3 is 0 Å². The van der Waals surface area contributed by atoms with E-state index in [9.17, 15) is 0 Å². The lowest BCUT2D eigenvalue weighted by Gasteiger charge is -1.48. The van der Waals surface area contributed by atoms with Gasteiger partial charge >= 0.3 is 0 Å². The summed E-state index contributed by atoms with van der Waals surface area (Å²) in [5, 5.41) is 0. The molecule has 0 spiro atoms. The summed E-state index contributed by atoms with van der Waals surface area (Å²) in [5.41, 5.74) is 0. The molecule has 0 N–H and O–H groups in total. The molecule has 24 valence electrons. The van der Waals surface area contributed by atoms with Crippen LogP contribution in [0.25, 0.3) is 0 Å². The van der Waals surface area contributed by atoms with Crippen LogP contribution in [0.5, 0.6) is 0 Å². The molecule has 0 aliphatic carbocycles. The highest BCUT2D eigenvalue weighted by Crippen LogP contribution is 1.69. The zero-order valence-corrected chi connectivity index (χ0v) is 2.55. The molecule has 1 heterocycles. The quantitative estimate of drug-likeness (QED) is 0.386. The summed E-state index contributed by atoms with van der Waals surface area (Å²) in [6.45, 7) is 0. The highest BCUT2D eigenvalue weighted by Gasteiger charge is 1.62. The van der Waals surface area contributed by atoms with E-state index in [-0.39, 0.29) is 0 Å². The molecule has 1 aliphatic rings. The number of hydrogen-bond acceptors (Lipinski definition) is 2. The minimum Gasteiger partial charge on any atom is -0.234 e. The molecule has 0 aromatic rings. The van der Waals surface area contributed by atoms with E-state index in [1.165, 1.54) is 12.5 Å². The predicted octanol–water partition coefficient (Wildman–Crippen LogP) is 0.212. The Balaban J connectivity index is 2.98. The van der Waals surface area contributed by atoms with E-state index in [0.29, 0.717) is 0 Å². The molecule has 2 heteroatoms. The van der Waals surface area contributed by atoms with Crippen LogP contribution in [0, 0.1) is 0 Å². The lowest BCUT2D eigenvalue weighted by atomic mass is 11.0. The molecular formula is C3H2N2. The molecule has 5 heavy (non-hydrogen) atoms. The molecule has 0 aromatic carbocycles. The average molecular weight is 66.1 g/mol. The fraction of sp³-hybridized carbons (Fsp3) is 0. The summed E-state index contributed by atoms with van der Waals surface area (Å²) < 4.78 is 0. The first-order valence-electron chi connectivity index (χ1n) is 1.29. The maximum absolute atomic E-state index is 3.56. The maximum Gasteiger partial charge on any atom is 0.126 e. The first kappa shape index (κ1) is 2.36. The Morgan fingerprint density at radius 1 is 1.60 bits per heavy atom. The summed E-state index contributed by atoms with van der Waals surface area (Å²) >= 11 is 0. The molecule has 0 saturated carbocycles. The van der Waals surface area contributed by atoms with E-state index in [1.807, 2.05) is 0 Å². The zero-order valence-electron chi connectivity index (χ0n) is 2.55. The first-order chi connectivity index (χ1) is 2.50. The van der Waals surface area contributed by atoms with E-state index < -0.39 is 0 Å². The van der Waals surface area contributed by atoms with Crippen molar-refractivity contribution in [2.45, 2.75) is 0 Å². The third kappa shape index (κ3) is 0.231. The first-order valence-corrected chi connectivity index (χ1v) is 1.29. The van der Waals surface area contributed by atoms with Gasteiger partial charge in [0, 0.05) is 5.87 Å². The van der Waals surface area contributed by atoms with Crippen molar-refractivity contribution in [2.24, 2.45) is 9.98 Å². The van der Waals surface area contributed by atoms with Gasteiger partial charge in [0.15, 0.2) is 0 Å². The minimum atomic E-state index is 1.44. The normalized spacial score (nSPS) is 14.4. The van der Waals surface area contributed by atoms with Crippen molar-refractivity contribution in [3.8, 4) is 0 Å². The van der Waals surface area contributed by atoms with Crippen LogP contribution in [-0.4, -0.2) is 12.2 Å². The summed E-state index contributed by atoms with van der Waals surface area (Å²) in [4.78, 5) is 7.04. The second kappa shape index (κ2) is 0.826. The summed E-state index contributed by atoms with van der Waals surface area (Å²) in [7, 11) is 0. The molecule has 1 rings (SSSR count). The SMILES string of the molecule is C1=CN=CN=1. The van der Waals surface area contributed by atoms with Gasteiger partial charge in [0.05, 0.1) is 6.20 Å². The van der Waals surface area contributed by atoms with Crippen LogP contribution in [0.4, 0.5) is 0 Å². The van der Waals surface area contributed by atoms with Crippen LogP contribution < -0.4 is 0 Å². The minimum absolute atomic E-state index is 1.44. The molecule has 0 saturated heterocycles. The van der Waals surface area contributed by atoms with Crippen molar-refractivity contribution in [3.05, 3.63) is 6.20 Å². The van der Waals surface area contributed by atoms with Crippen LogP contribution in [0.3, 0.4) is 0 Å². The number of rotatable bonds is 0. The Hall–Kier alpha value is -0.880. The van der Waals surface area contributed by atoms with Gasteiger partial charge in [-0.25, -0.2) is 4.99 Å². The van der Waals surface area contributed by atoms with Gasteiger partial charge in [-0.2, -0.15) is 4.99 Å². The second-order valence-corrected chi connectivity index (χ2v) is 0.652. The Labute approximate surface area is 29.6 Å². The maximum atomic E-state index is 3.56. The third-order valence-corrected chi connectivity index (χ3v) is 0.331.